The van der Waals surface area contributed by atoms with Crippen molar-refractivity contribution in [3.05, 3.63) is 0 Å². The molecule has 2 heteroatoms. The van der Waals surface area contributed by atoms with Crippen LogP contribution < -0.4 is 0 Å². The molecule has 5 saturated carbocycles. The molecule has 5 aliphatic carbocycles. The number of hydrogen-bond acceptors (Lipinski definition) is 2. The van der Waals surface area contributed by atoms with Gasteiger partial charge < -0.3 is 10.2 Å². The van der Waals surface area contributed by atoms with Crippen molar-refractivity contribution in [3.63, 3.8) is 0 Å². The van der Waals surface area contributed by atoms with E-state index >= 15 is 0 Å². The number of fused-ring (bicyclic) bond motifs is 7. The van der Waals surface area contributed by atoms with Crippen LogP contribution in [-0.4, -0.2) is 22.4 Å². The third-order valence-electron chi connectivity index (χ3n) is 9.22. The first-order valence-corrected chi connectivity index (χ1v) is 9.33. The summed E-state index contributed by atoms with van der Waals surface area (Å²) in [5.41, 5.74) is 0.720. The van der Waals surface area contributed by atoms with Gasteiger partial charge in [0.1, 0.15) is 0 Å². The van der Waals surface area contributed by atoms with E-state index in [1.807, 2.05) is 0 Å². The minimum atomic E-state index is -0.0483. The van der Waals surface area contributed by atoms with Gasteiger partial charge in [0.05, 0.1) is 12.2 Å². The van der Waals surface area contributed by atoms with Gasteiger partial charge >= 0.3 is 0 Å². The van der Waals surface area contributed by atoms with Crippen LogP contribution in [-0.2, 0) is 0 Å². The van der Waals surface area contributed by atoms with Crippen LogP contribution in [0.4, 0.5) is 0 Å². The summed E-state index contributed by atoms with van der Waals surface area (Å²) >= 11 is 0. The number of hydrogen-bond donors (Lipinski definition) is 2. The minimum absolute atomic E-state index is 0.0433. The second kappa shape index (κ2) is 3.87. The normalized spacial score (nSPS) is 68.0. The van der Waals surface area contributed by atoms with Crippen LogP contribution >= 0.6 is 0 Å². The third kappa shape index (κ3) is 1.43. The summed E-state index contributed by atoms with van der Waals surface area (Å²) in [4.78, 5) is 0. The highest BCUT2D eigenvalue weighted by molar-refractivity contribution is 5.19. The average Bonchev–Trinajstić information content (AvgIpc) is 2.81. The number of aliphatic hydroxyl groups is 2. The highest BCUT2D eigenvalue weighted by Crippen LogP contribution is 2.73. The van der Waals surface area contributed by atoms with Crippen molar-refractivity contribution in [1.82, 2.24) is 0 Å². The lowest BCUT2D eigenvalue weighted by Crippen LogP contribution is -2.52. The molecule has 2 nitrogen and oxygen atoms in total. The molecule has 0 radical (unpaired) electrons. The monoisotopic (exact) mass is 290 g/mol. The highest BCUT2D eigenvalue weighted by atomic mass is 16.3. The largest absolute Gasteiger partial charge is 0.393 e. The molecule has 5 aliphatic rings. The van der Waals surface area contributed by atoms with Gasteiger partial charge in [-0.1, -0.05) is 13.8 Å². The zero-order chi connectivity index (χ0) is 14.6. The number of rotatable bonds is 0. The molecule has 0 aromatic rings. The standard InChI is InChI=1S/C19H30O2/c1-18-8-7-13-10(12(18)5-6-15(18)20)3-4-14-16-11(17(16)21)9-19(13,14)2/h10-17,20-21H,3-9H2,1-2H3/t10-,11?,12-,13-,14?,15?,16?,17?,18-,19+/m0/s1. The average molecular weight is 290 g/mol. The zero-order valence-corrected chi connectivity index (χ0v) is 13.5. The SMILES string of the molecule is C[C@]12CC3C(O)C3C1CC[C@@H]1[C@@H]2CC[C@]2(C)C(O)CC[C@@H]12. The first kappa shape index (κ1) is 13.4. The van der Waals surface area contributed by atoms with E-state index in [2.05, 4.69) is 13.8 Å². The van der Waals surface area contributed by atoms with Crippen molar-refractivity contribution in [2.24, 2.45) is 46.3 Å². The summed E-state index contributed by atoms with van der Waals surface area (Å²) in [6, 6.07) is 0. The Morgan fingerprint density at radius 1 is 0.762 bits per heavy atom. The molecule has 5 unspecified atom stereocenters. The van der Waals surface area contributed by atoms with Gasteiger partial charge in [0.25, 0.3) is 0 Å². The van der Waals surface area contributed by atoms with Crippen molar-refractivity contribution in [1.29, 1.82) is 0 Å². The van der Waals surface area contributed by atoms with Gasteiger partial charge in [-0.2, -0.15) is 0 Å². The lowest BCUT2D eigenvalue weighted by atomic mass is 9.47. The van der Waals surface area contributed by atoms with Crippen molar-refractivity contribution < 1.29 is 10.2 Å². The number of aliphatic hydroxyl groups excluding tert-OH is 2. The van der Waals surface area contributed by atoms with Gasteiger partial charge in [-0.25, -0.2) is 0 Å². The van der Waals surface area contributed by atoms with Gasteiger partial charge in [-0.15, -0.1) is 0 Å². The van der Waals surface area contributed by atoms with Crippen LogP contribution in [0.1, 0.15) is 58.8 Å². The molecule has 10 atom stereocenters. The fourth-order valence-corrected chi connectivity index (χ4v) is 8.08. The molecule has 0 bridgehead atoms. The lowest BCUT2D eigenvalue weighted by molar-refractivity contribution is -0.110. The topological polar surface area (TPSA) is 40.5 Å². The predicted octanol–water partition coefficient (Wildman–Crippen LogP) is 3.22. The molecule has 0 aromatic carbocycles. The van der Waals surface area contributed by atoms with E-state index in [4.69, 9.17) is 0 Å². The highest BCUT2D eigenvalue weighted by Gasteiger charge is 2.70. The predicted molar refractivity (Wildman–Crippen MR) is 81.5 cm³/mol. The maximum absolute atomic E-state index is 10.5. The fraction of sp³-hybridized carbons (Fsp3) is 1.00. The van der Waals surface area contributed by atoms with E-state index in [1.54, 1.807) is 0 Å². The van der Waals surface area contributed by atoms with E-state index in [9.17, 15) is 10.2 Å². The summed E-state index contributed by atoms with van der Waals surface area (Å²) in [6.07, 6.45) is 8.86. The van der Waals surface area contributed by atoms with Crippen molar-refractivity contribution in [2.45, 2.75) is 71.0 Å². The third-order valence-corrected chi connectivity index (χ3v) is 9.22. The fourth-order valence-electron chi connectivity index (χ4n) is 8.08. The molecule has 0 heterocycles. The Hall–Kier alpha value is -0.0800. The maximum atomic E-state index is 10.5. The van der Waals surface area contributed by atoms with E-state index < -0.39 is 0 Å². The van der Waals surface area contributed by atoms with Crippen LogP contribution in [0.15, 0.2) is 0 Å². The quantitative estimate of drug-likeness (QED) is 0.719. The van der Waals surface area contributed by atoms with Gasteiger partial charge in [-0.05, 0) is 91.3 Å². The van der Waals surface area contributed by atoms with Gasteiger partial charge in [-0.3, -0.25) is 0 Å². The summed E-state index contributed by atoms with van der Waals surface area (Å²) in [5.74, 6) is 4.59. The Morgan fingerprint density at radius 2 is 1.48 bits per heavy atom. The summed E-state index contributed by atoms with van der Waals surface area (Å²) in [6.45, 7) is 4.93. The van der Waals surface area contributed by atoms with E-state index in [-0.39, 0.29) is 17.6 Å². The second-order valence-corrected chi connectivity index (χ2v) is 9.64. The van der Waals surface area contributed by atoms with Crippen LogP contribution in [0.25, 0.3) is 0 Å². The van der Waals surface area contributed by atoms with Crippen molar-refractivity contribution in [3.8, 4) is 0 Å². The molecule has 0 aromatic heterocycles. The van der Waals surface area contributed by atoms with Gasteiger partial charge in [0.2, 0.25) is 0 Å². The molecular weight excluding hydrogens is 260 g/mol. The second-order valence-electron chi connectivity index (χ2n) is 9.64. The smallest absolute Gasteiger partial charge is 0.0606 e. The Morgan fingerprint density at radius 3 is 2.29 bits per heavy atom. The van der Waals surface area contributed by atoms with Crippen LogP contribution in [0.5, 0.6) is 0 Å². The molecule has 2 N–H and O–H groups in total. The molecule has 5 rings (SSSR count). The molecule has 0 spiro atoms. The van der Waals surface area contributed by atoms with Gasteiger partial charge in [0, 0.05) is 0 Å². The van der Waals surface area contributed by atoms with Crippen molar-refractivity contribution >= 4 is 0 Å². The molecule has 0 amide bonds. The minimum Gasteiger partial charge on any atom is -0.393 e. The van der Waals surface area contributed by atoms with E-state index in [0.29, 0.717) is 17.3 Å². The Bertz CT molecular complexity index is 476. The lowest BCUT2D eigenvalue weighted by Gasteiger charge is -2.58. The molecule has 21 heavy (non-hydrogen) atoms. The van der Waals surface area contributed by atoms with Crippen molar-refractivity contribution in [2.75, 3.05) is 0 Å². The molecule has 118 valence electrons. The first-order valence-electron chi connectivity index (χ1n) is 9.33. The molecule has 0 saturated heterocycles. The van der Waals surface area contributed by atoms with Gasteiger partial charge in [0.15, 0.2) is 0 Å². The van der Waals surface area contributed by atoms with E-state index in [1.165, 1.54) is 38.5 Å². The zero-order valence-electron chi connectivity index (χ0n) is 13.5. The van der Waals surface area contributed by atoms with Crippen LogP contribution in [0, 0.1) is 46.3 Å². The summed E-state index contributed by atoms with van der Waals surface area (Å²) in [5, 5.41) is 20.6. The molecule has 5 fully saturated rings. The van der Waals surface area contributed by atoms with E-state index in [0.717, 1.165) is 30.1 Å². The summed E-state index contributed by atoms with van der Waals surface area (Å²) in [7, 11) is 0. The van der Waals surface area contributed by atoms with Crippen LogP contribution in [0.3, 0.4) is 0 Å². The molecular formula is C19H30O2. The summed E-state index contributed by atoms with van der Waals surface area (Å²) < 4.78 is 0. The Balaban J connectivity index is 1.47. The molecule has 0 aliphatic heterocycles. The Labute approximate surface area is 128 Å². The maximum Gasteiger partial charge on any atom is 0.0606 e. The Kier molecular flexibility index (Phi) is 2.46. The first-order chi connectivity index (χ1) is 9.97. The van der Waals surface area contributed by atoms with Crippen LogP contribution in [0.2, 0.25) is 0 Å².